The van der Waals surface area contributed by atoms with Crippen LogP contribution in [0.4, 0.5) is 10.1 Å². The highest BCUT2D eigenvalue weighted by atomic mass is 19.1. The van der Waals surface area contributed by atoms with Gasteiger partial charge in [0.25, 0.3) is 0 Å². The van der Waals surface area contributed by atoms with E-state index in [1.165, 1.54) is 24.1 Å². The number of nitrogens with two attached hydrogens (primary N) is 1. The largest absolute Gasteiger partial charge is 0.494 e. The van der Waals surface area contributed by atoms with Crippen molar-refractivity contribution in [2.45, 2.75) is 31.2 Å². The number of rotatable bonds is 3. The number of methoxy groups -OCH3 is 1. The number of benzene rings is 1. The van der Waals surface area contributed by atoms with Gasteiger partial charge in [0.15, 0.2) is 11.6 Å². The van der Waals surface area contributed by atoms with E-state index in [0.29, 0.717) is 18.5 Å². The van der Waals surface area contributed by atoms with Gasteiger partial charge in [0.2, 0.25) is 5.91 Å². The highest BCUT2D eigenvalue weighted by molar-refractivity contribution is 5.99. The topological polar surface area (TPSA) is 55.6 Å². The van der Waals surface area contributed by atoms with Crippen LogP contribution in [0, 0.1) is 5.82 Å². The monoisotopic (exact) mass is 266 g/mol. The van der Waals surface area contributed by atoms with E-state index in [1.54, 1.807) is 13.1 Å². The molecule has 0 radical (unpaired) electrons. The lowest BCUT2D eigenvalue weighted by Gasteiger charge is -2.28. The Morgan fingerprint density at radius 3 is 2.58 bits per heavy atom. The Hall–Kier alpha value is -1.62. The fourth-order valence-electron chi connectivity index (χ4n) is 2.53. The highest BCUT2D eigenvalue weighted by Crippen LogP contribution is 2.31. The molecule has 2 N–H and O–H groups in total. The van der Waals surface area contributed by atoms with Crippen LogP contribution in [0.25, 0.3) is 0 Å². The van der Waals surface area contributed by atoms with Gasteiger partial charge in [-0.3, -0.25) is 4.79 Å². The Labute approximate surface area is 112 Å². The second-order valence-electron chi connectivity index (χ2n) is 5.05. The minimum absolute atomic E-state index is 0.158. The number of hydrogen-bond acceptors (Lipinski definition) is 3. The van der Waals surface area contributed by atoms with Gasteiger partial charge in [-0.1, -0.05) is 12.8 Å². The van der Waals surface area contributed by atoms with Gasteiger partial charge in [0, 0.05) is 18.8 Å². The summed E-state index contributed by atoms with van der Waals surface area (Å²) in [6.07, 6.45) is 3.31. The number of carbonyl (C=O) groups excluding carboxylic acids is 1. The number of amides is 1. The zero-order chi connectivity index (χ0) is 14.0. The molecular formula is C14H19FN2O2. The molecule has 0 saturated heterocycles. The molecule has 1 amide bonds. The van der Waals surface area contributed by atoms with Crippen LogP contribution in [0.1, 0.15) is 25.7 Å². The molecular weight excluding hydrogens is 247 g/mol. The standard InChI is InChI=1S/C14H19FN2O2/c1-17(13(18)14(16)7-3-4-8-14)10-5-6-12(19-2)11(15)9-10/h5-6,9H,3-4,7-8,16H2,1-2H3. The fourth-order valence-corrected chi connectivity index (χ4v) is 2.53. The molecule has 0 bridgehead atoms. The maximum atomic E-state index is 13.7. The average molecular weight is 266 g/mol. The maximum absolute atomic E-state index is 13.7. The van der Waals surface area contributed by atoms with E-state index >= 15 is 0 Å². The van der Waals surface area contributed by atoms with Gasteiger partial charge in [-0.15, -0.1) is 0 Å². The van der Waals surface area contributed by atoms with Crippen LogP contribution in [0.15, 0.2) is 18.2 Å². The summed E-state index contributed by atoms with van der Waals surface area (Å²) >= 11 is 0. The summed E-state index contributed by atoms with van der Waals surface area (Å²) in [6.45, 7) is 0. The zero-order valence-electron chi connectivity index (χ0n) is 11.3. The van der Waals surface area contributed by atoms with Gasteiger partial charge >= 0.3 is 0 Å². The molecule has 0 atom stereocenters. The van der Waals surface area contributed by atoms with Crippen molar-refractivity contribution in [3.8, 4) is 5.75 Å². The van der Waals surface area contributed by atoms with Crippen molar-refractivity contribution >= 4 is 11.6 Å². The Morgan fingerprint density at radius 1 is 1.42 bits per heavy atom. The van der Waals surface area contributed by atoms with Crippen LogP contribution in [0.3, 0.4) is 0 Å². The lowest BCUT2D eigenvalue weighted by atomic mass is 9.97. The van der Waals surface area contributed by atoms with Crippen LogP contribution < -0.4 is 15.4 Å². The first-order valence-electron chi connectivity index (χ1n) is 6.38. The van der Waals surface area contributed by atoms with Crippen LogP contribution in [-0.4, -0.2) is 25.6 Å². The number of ether oxygens (including phenoxy) is 1. The molecule has 0 unspecified atom stereocenters. The quantitative estimate of drug-likeness (QED) is 0.911. The molecule has 19 heavy (non-hydrogen) atoms. The third kappa shape index (κ3) is 2.56. The Kier molecular flexibility index (Phi) is 3.75. The molecule has 0 spiro atoms. The Balaban J connectivity index is 2.21. The van der Waals surface area contributed by atoms with Gasteiger partial charge < -0.3 is 15.4 Å². The summed E-state index contributed by atoms with van der Waals surface area (Å²) in [6, 6.07) is 4.44. The van der Waals surface area contributed by atoms with Crippen molar-refractivity contribution in [2.24, 2.45) is 5.73 Å². The van der Waals surface area contributed by atoms with Crippen molar-refractivity contribution in [2.75, 3.05) is 19.1 Å². The van der Waals surface area contributed by atoms with Crippen molar-refractivity contribution in [3.63, 3.8) is 0 Å². The van der Waals surface area contributed by atoms with E-state index in [4.69, 9.17) is 10.5 Å². The molecule has 1 aromatic carbocycles. The lowest BCUT2D eigenvalue weighted by molar-refractivity contribution is -0.123. The van der Waals surface area contributed by atoms with Gasteiger partial charge in [-0.25, -0.2) is 4.39 Å². The molecule has 104 valence electrons. The molecule has 0 heterocycles. The van der Waals surface area contributed by atoms with Gasteiger partial charge in [-0.05, 0) is 25.0 Å². The summed E-state index contributed by atoms with van der Waals surface area (Å²) in [5, 5.41) is 0. The first-order chi connectivity index (χ1) is 8.98. The second kappa shape index (κ2) is 5.17. The summed E-state index contributed by atoms with van der Waals surface area (Å²) in [7, 11) is 3.02. The molecule has 0 aliphatic heterocycles. The van der Waals surface area contributed by atoms with E-state index in [0.717, 1.165) is 12.8 Å². The fraction of sp³-hybridized carbons (Fsp3) is 0.500. The number of halogens is 1. The van der Waals surface area contributed by atoms with Crippen molar-refractivity contribution in [1.29, 1.82) is 0 Å². The van der Waals surface area contributed by atoms with Crippen LogP contribution in [0.2, 0.25) is 0 Å². The molecule has 1 saturated carbocycles. The number of anilines is 1. The van der Waals surface area contributed by atoms with E-state index in [1.807, 2.05) is 0 Å². The maximum Gasteiger partial charge on any atom is 0.246 e. The number of hydrogen-bond donors (Lipinski definition) is 1. The molecule has 1 fully saturated rings. The highest BCUT2D eigenvalue weighted by Gasteiger charge is 2.39. The third-order valence-corrected chi connectivity index (χ3v) is 3.75. The number of nitrogens with zero attached hydrogens (tertiary/aromatic N) is 1. The van der Waals surface area contributed by atoms with Gasteiger partial charge in [0.1, 0.15) is 0 Å². The normalized spacial score (nSPS) is 17.3. The van der Waals surface area contributed by atoms with Crippen molar-refractivity contribution in [3.05, 3.63) is 24.0 Å². The lowest BCUT2D eigenvalue weighted by Crippen LogP contribution is -2.52. The summed E-state index contributed by atoms with van der Waals surface area (Å²) in [5.41, 5.74) is 5.81. The predicted molar refractivity (Wildman–Crippen MR) is 71.7 cm³/mol. The SMILES string of the molecule is COc1ccc(N(C)C(=O)C2(N)CCCC2)cc1F. The van der Waals surface area contributed by atoms with Crippen molar-refractivity contribution in [1.82, 2.24) is 0 Å². The summed E-state index contributed by atoms with van der Waals surface area (Å²) in [4.78, 5) is 13.8. The molecule has 0 aromatic heterocycles. The van der Waals surface area contributed by atoms with E-state index in [9.17, 15) is 9.18 Å². The molecule has 1 aromatic rings. The first-order valence-corrected chi connectivity index (χ1v) is 6.38. The third-order valence-electron chi connectivity index (χ3n) is 3.75. The van der Waals surface area contributed by atoms with Crippen LogP contribution >= 0.6 is 0 Å². The Morgan fingerprint density at radius 2 is 2.05 bits per heavy atom. The van der Waals surface area contributed by atoms with E-state index < -0.39 is 11.4 Å². The summed E-state index contributed by atoms with van der Waals surface area (Å²) in [5.74, 6) is -0.486. The molecule has 2 rings (SSSR count). The minimum Gasteiger partial charge on any atom is -0.494 e. The number of likely N-dealkylation sites (N-methyl/N-ethyl adjacent to an activating group) is 1. The minimum atomic E-state index is -0.800. The smallest absolute Gasteiger partial charge is 0.246 e. The molecule has 1 aliphatic rings. The second-order valence-corrected chi connectivity index (χ2v) is 5.05. The summed E-state index contributed by atoms with van der Waals surface area (Å²) < 4.78 is 18.5. The zero-order valence-corrected chi connectivity index (χ0v) is 11.3. The first kappa shape index (κ1) is 13.8. The molecule has 4 nitrogen and oxygen atoms in total. The number of carbonyl (C=O) groups is 1. The molecule has 5 heteroatoms. The van der Waals surface area contributed by atoms with E-state index in [2.05, 4.69) is 0 Å². The Bertz CT molecular complexity index is 484. The van der Waals surface area contributed by atoms with Crippen LogP contribution in [-0.2, 0) is 4.79 Å². The van der Waals surface area contributed by atoms with E-state index in [-0.39, 0.29) is 11.7 Å². The average Bonchev–Trinajstić information content (AvgIpc) is 2.85. The van der Waals surface area contributed by atoms with Gasteiger partial charge in [-0.2, -0.15) is 0 Å². The van der Waals surface area contributed by atoms with Crippen LogP contribution in [0.5, 0.6) is 5.75 Å². The van der Waals surface area contributed by atoms with Gasteiger partial charge in [0.05, 0.1) is 12.6 Å². The molecule has 1 aliphatic carbocycles. The predicted octanol–water partition coefficient (Wildman–Crippen LogP) is 2.07. The van der Waals surface area contributed by atoms with Crippen molar-refractivity contribution < 1.29 is 13.9 Å².